The molecule has 162 valence electrons. The lowest BCUT2D eigenvalue weighted by Gasteiger charge is -2.16. The van der Waals surface area contributed by atoms with Crippen LogP contribution in [0.15, 0.2) is 70.3 Å². The quantitative estimate of drug-likeness (QED) is 0.582. The number of benzene rings is 1. The lowest BCUT2D eigenvalue weighted by Crippen LogP contribution is -2.36. The zero-order valence-corrected chi connectivity index (χ0v) is 17.9. The molecule has 7 heteroatoms. The summed E-state index contributed by atoms with van der Waals surface area (Å²) in [5.74, 6) is -0.473. The molecule has 0 aliphatic heterocycles. The van der Waals surface area contributed by atoms with Crippen LogP contribution in [0, 0.1) is 0 Å². The number of pyridine rings is 1. The van der Waals surface area contributed by atoms with Crippen LogP contribution < -0.4 is 16.1 Å². The highest BCUT2D eigenvalue weighted by Crippen LogP contribution is 2.13. The van der Waals surface area contributed by atoms with Crippen LogP contribution in [0.5, 0.6) is 0 Å². The molecule has 2 N–H and O–H groups in total. The summed E-state index contributed by atoms with van der Waals surface area (Å²) < 4.78 is 7.00. The second kappa shape index (κ2) is 9.93. The molecule has 0 saturated carbocycles. The van der Waals surface area contributed by atoms with E-state index in [-0.39, 0.29) is 17.2 Å². The molecule has 3 aromatic rings. The summed E-state index contributed by atoms with van der Waals surface area (Å²) in [4.78, 5) is 38.5. The summed E-state index contributed by atoms with van der Waals surface area (Å²) in [6.45, 7) is 5.97. The Morgan fingerprint density at radius 2 is 1.65 bits per heavy atom. The van der Waals surface area contributed by atoms with Crippen LogP contribution in [0.4, 0.5) is 0 Å². The van der Waals surface area contributed by atoms with Gasteiger partial charge in [0.05, 0.1) is 12.3 Å². The Kier molecular flexibility index (Phi) is 7.07. The topological polar surface area (TPSA) is 93.3 Å². The van der Waals surface area contributed by atoms with Crippen molar-refractivity contribution in [2.45, 2.75) is 39.3 Å². The Morgan fingerprint density at radius 3 is 2.26 bits per heavy atom. The van der Waals surface area contributed by atoms with Crippen LogP contribution in [0.1, 0.15) is 64.9 Å². The van der Waals surface area contributed by atoms with E-state index in [1.165, 1.54) is 18.7 Å². The summed E-state index contributed by atoms with van der Waals surface area (Å²) in [6.07, 6.45) is 5.14. The van der Waals surface area contributed by atoms with Crippen molar-refractivity contribution in [3.05, 3.63) is 93.8 Å². The Hall–Kier alpha value is -3.61. The summed E-state index contributed by atoms with van der Waals surface area (Å²) in [6, 6.07) is 12.8. The van der Waals surface area contributed by atoms with Gasteiger partial charge < -0.3 is 19.6 Å². The average Bonchev–Trinajstić information content (AvgIpc) is 3.29. The first-order chi connectivity index (χ1) is 14.9. The zero-order valence-electron chi connectivity index (χ0n) is 17.9. The van der Waals surface area contributed by atoms with E-state index < -0.39 is 23.3 Å². The third-order valence-corrected chi connectivity index (χ3v) is 4.99. The lowest BCUT2D eigenvalue weighted by atomic mass is 10.1. The lowest BCUT2D eigenvalue weighted by molar-refractivity contribution is 0.0933. The zero-order chi connectivity index (χ0) is 22.4. The van der Waals surface area contributed by atoms with Gasteiger partial charge in [0.15, 0.2) is 0 Å². The van der Waals surface area contributed by atoms with Crippen molar-refractivity contribution in [3.63, 3.8) is 0 Å². The number of nitrogens with one attached hydrogen (secondary N) is 2. The molecule has 0 saturated heterocycles. The van der Waals surface area contributed by atoms with Crippen molar-refractivity contribution in [3.8, 4) is 0 Å². The van der Waals surface area contributed by atoms with E-state index in [0.717, 1.165) is 5.56 Å². The summed E-state index contributed by atoms with van der Waals surface area (Å²) in [5.41, 5.74) is 0.351. The number of furan rings is 1. The fraction of sp³-hybridized carbons (Fsp3) is 0.292. The van der Waals surface area contributed by atoms with Gasteiger partial charge in [-0.3, -0.25) is 14.4 Å². The average molecular weight is 421 g/mol. The van der Waals surface area contributed by atoms with Crippen LogP contribution >= 0.6 is 0 Å². The molecule has 0 aliphatic carbocycles. The van der Waals surface area contributed by atoms with Gasteiger partial charge in [0.25, 0.3) is 11.8 Å². The predicted molar refractivity (Wildman–Crippen MR) is 118 cm³/mol. The molecule has 7 nitrogen and oxygen atoms in total. The van der Waals surface area contributed by atoms with Gasteiger partial charge in [0.1, 0.15) is 16.9 Å². The van der Waals surface area contributed by atoms with Gasteiger partial charge in [-0.05, 0) is 44.9 Å². The highest BCUT2D eigenvalue weighted by atomic mass is 16.3. The number of rotatable bonds is 8. The van der Waals surface area contributed by atoms with Crippen molar-refractivity contribution in [1.29, 1.82) is 0 Å². The van der Waals surface area contributed by atoms with Gasteiger partial charge in [-0.25, -0.2) is 0 Å². The maximum Gasteiger partial charge on any atom is 0.257 e. The van der Waals surface area contributed by atoms with Gasteiger partial charge >= 0.3 is 0 Å². The van der Waals surface area contributed by atoms with E-state index in [2.05, 4.69) is 10.6 Å². The molecule has 0 radical (unpaired) electrons. The van der Waals surface area contributed by atoms with Crippen LogP contribution in [0.2, 0.25) is 0 Å². The van der Waals surface area contributed by atoms with Gasteiger partial charge in [0.2, 0.25) is 5.43 Å². The number of nitrogens with zero attached hydrogens (tertiary/aromatic N) is 1. The van der Waals surface area contributed by atoms with Gasteiger partial charge in [-0.15, -0.1) is 0 Å². The summed E-state index contributed by atoms with van der Waals surface area (Å²) in [5, 5.41) is 5.54. The molecular formula is C24H27N3O4. The third kappa shape index (κ3) is 5.51. The molecular weight excluding hydrogens is 394 g/mol. The Morgan fingerprint density at radius 1 is 0.968 bits per heavy atom. The first-order valence-corrected chi connectivity index (χ1v) is 10.3. The normalized spacial score (nSPS) is 11.9. The Balaban J connectivity index is 1.79. The van der Waals surface area contributed by atoms with E-state index in [1.807, 2.05) is 44.2 Å². The number of carbonyl (C=O) groups is 2. The molecule has 1 atom stereocenters. The number of amides is 2. The largest absolute Gasteiger partial charge is 0.467 e. The second-order valence-electron chi connectivity index (χ2n) is 7.66. The van der Waals surface area contributed by atoms with E-state index >= 15 is 0 Å². The van der Waals surface area contributed by atoms with Crippen LogP contribution in [0.3, 0.4) is 0 Å². The van der Waals surface area contributed by atoms with Crippen molar-refractivity contribution in [1.82, 2.24) is 15.2 Å². The molecule has 0 spiro atoms. The molecule has 31 heavy (non-hydrogen) atoms. The molecule has 2 aromatic heterocycles. The third-order valence-electron chi connectivity index (χ3n) is 4.99. The fourth-order valence-electron chi connectivity index (χ4n) is 3.16. The number of hydrogen-bond donors (Lipinski definition) is 2. The number of hydrogen-bond acceptors (Lipinski definition) is 4. The number of carbonyl (C=O) groups excluding carboxylic acids is 2. The Bertz CT molecular complexity index is 1090. The van der Waals surface area contributed by atoms with Crippen molar-refractivity contribution in [2.75, 3.05) is 6.54 Å². The SMILES string of the molecule is CC(C)n1cc(C(=O)NCCc2ccccc2)c(=O)c(C(=O)N[C@@H](C)c2ccco2)c1. The summed E-state index contributed by atoms with van der Waals surface area (Å²) >= 11 is 0. The molecule has 0 aliphatic rings. The number of aromatic nitrogens is 1. The maximum atomic E-state index is 13.0. The van der Waals surface area contributed by atoms with Crippen molar-refractivity contribution < 1.29 is 14.0 Å². The van der Waals surface area contributed by atoms with E-state index in [9.17, 15) is 14.4 Å². The highest BCUT2D eigenvalue weighted by molar-refractivity contribution is 5.99. The van der Waals surface area contributed by atoms with Gasteiger partial charge in [-0.1, -0.05) is 30.3 Å². The fourth-order valence-corrected chi connectivity index (χ4v) is 3.16. The van der Waals surface area contributed by atoms with Crippen molar-refractivity contribution in [2.24, 2.45) is 0 Å². The predicted octanol–water partition coefficient (Wildman–Crippen LogP) is 3.49. The van der Waals surface area contributed by atoms with Crippen LogP contribution in [0.25, 0.3) is 0 Å². The van der Waals surface area contributed by atoms with Crippen molar-refractivity contribution >= 4 is 11.8 Å². The maximum absolute atomic E-state index is 13.0. The first kappa shape index (κ1) is 22.1. The molecule has 1 aromatic carbocycles. The molecule has 0 fully saturated rings. The molecule has 0 unspecified atom stereocenters. The van der Waals surface area contributed by atoms with Gasteiger partial charge in [0, 0.05) is 25.0 Å². The van der Waals surface area contributed by atoms with Crippen LogP contribution in [-0.4, -0.2) is 22.9 Å². The minimum absolute atomic E-state index is 0.0366. The van der Waals surface area contributed by atoms with E-state index in [0.29, 0.717) is 18.7 Å². The monoisotopic (exact) mass is 421 g/mol. The molecule has 3 rings (SSSR count). The van der Waals surface area contributed by atoms with Crippen LogP contribution in [-0.2, 0) is 6.42 Å². The standard InChI is InChI=1S/C24H27N3O4/c1-16(2)27-14-19(23(29)25-12-11-18-8-5-4-6-9-18)22(28)20(15-27)24(30)26-17(3)21-10-7-13-31-21/h4-10,13-17H,11-12H2,1-3H3,(H,25,29)(H,26,30)/t17-/m0/s1. The Labute approximate surface area is 181 Å². The van der Waals surface area contributed by atoms with E-state index in [1.54, 1.807) is 23.6 Å². The second-order valence-corrected chi connectivity index (χ2v) is 7.66. The first-order valence-electron chi connectivity index (χ1n) is 10.3. The summed E-state index contributed by atoms with van der Waals surface area (Å²) in [7, 11) is 0. The molecule has 0 bridgehead atoms. The smallest absolute Gasteiger partial charge is 0.257 e. The minimum atomic E-state index is -0.599. The molecule has 2 amide bonds. The molecule has 2 heterocycles. The highest BCUT2D eigenvalue weighted by Gasteiger charge is 2.22. The van der Waals surface area contributed by atoms with E-state index in [4.69, 9.17) is 4.42 Å². The van der Waals surface area contributed by atoms with Gasteiger partial charge in [-0.2, -0.15) is 0 Å². The minimum Gasteiger partial charge on any atom is -0.467 e.